The molecule has 0 aliphatic rings. The second-order valence-corrected chi connectivity index (χ2v) is 32.7. The van der Waals surface area contributed by atoms with E-state index < -0.39 is 97.5 Å². The molecule has 0 amide bonds. The summed E-state index contributed by atoms with van der Waals surface area (Å²) in [6, 6.07) is 0. The van der Waals surface area contributed by atoms with Crippen molar-refractivity contribution in [2.24, 2.45) is 11.8 Å². The topological polar surface area (TPSA) is 237 Å². The average molecular weight is 1450 g/mol. The van der Waals surface area contributed by atoms with Gasteiger partial charge in [-0.15, -0.1) is 0 Å². The van der Waals surface area contributed by atoms with Crippen molar-refractivity contribution in [1.82, 2.24) is 0 Å². The van der Waals surface area contributed by atoms with Crippen LogP contribution < -0.4 is 0 Å². The highest BCUT2D eigenvalue weighted by atomic mass is 31.2. The molecule has 0 aromatic rings. The first kappa shape index (κ1) is 97.1. The Balaban J connectivity index is 5.22. The third-order valence-electron chi connectivity index (χ3n) is 18.7. The van der Waals surface area contributed by atoms with Gasteiger partial charge < -0.3 is 33.8 Å². The minimum atomic E-state index is -4.96. The molecular weight excluding hydrogens is 1290 g/mol. The number of unbranched alkanes of at least 4 members (excludes halogenated alkanes) is 49. The first-order chi connectivity index (χ1) is 47.9. The zero-order chi connectivity index (χ0) is 72.8. The van der Waals surface area contributed by atoms with Crippen LogP contribution in [-0.4, -0.2) is 96.7 Å². The number of phosphoric acid groups is 2. The van der Waals surface area contributed by atoms with Crippen LogP contribution in [0.15, 0.2) is 0 Å². The van der Waals surface area contributed by atoms with Crippen LogP contribution in [-0.2, 0) is 65.4 Å². The van der Waals surface area contributed by atoms with E-state index in [0.717, 1.165) is 102 Å². The van der Waals surface area contributed by atoms with Crippen molar-refractivity contribution in [3.05, 3.63) is 0 Å². The smallest absolute Gasteiger partial charge is 0.462 e. The van der Waals surface area contributed by atoms with Gasteiger partial charge in [0.25, 0.3) is 0 Å². The molecule has 0 radical (unpaired) electrons. The highest BCUT2D eigenvalue weighted by molar-refractivity contribution is 7.47. The number of rotatable bonds is 79. The first-order valence-corrected chi connectivity index (χ1v) is 44.5. The fourth-order valence-electron chi connectivity index (χ4n) is 12.4. The van der Waals surface area contributed by atoms with Crippen molar-refractivity contribution in [1.29, 1.82) is 0 Å². The molecule has 0 aromatic carbocycles. The Morgan fingerprint density at radius 2 is 0.465 bits per heavy atom. The molecule has 0 bridgehead atoms. The van der Waals surface area contributed by atoms with E-state index in [4.69, 9.17) is 37.0 Å². The molecule has 0 rings (SSSR count). The average Bonchev–Trinajstić information content (AvgIpc) is 1.41. The summed E-state index contributed by atoms with van der Waals surface area (Å²) in [5.74, 6) is -0.501. The minimum Gasteiger partial charge on any atom is -0.462 e. The quantitative estimate of drug-likeness (QED) is 0.0222. The summed E-state index contributed by atoms with van der Waals surface area (Å²) >= 11 is 0. The van der Waals surface area contributed by atoms with Crippen molar-refractivity contribution in [3.8, 4) is 0 Å². The number of phosphoric ester groups is 2. The van der Waals surface area contributed by atoms with Crippen molar-refractivity contribution < 1.29 is 80.2 Å². The Labute approximate surface area is 607 Å². The van der Waals surface area contributed by atoms with Crippen molar-refractivity contribution in [2.75, 3.05) is 39.6 Å². The molecule has 0 heterocycles. The zero-order valence-corrected chi connectivity index (χ0v) is 66.6. The van der Waals surface area contributed by atoms with Gasteiger partial charge in [-0.1, -0.05) is 369 Å². The molecule has 0 aliphatic carbocycles. The molecule has 0 saturated carbocycles. The lowest BCUT2D eigenvalue weighted by Gasteiger charge is -2.21. The van der Waals surface area contributed by atoms with Gasteiger partial charge in [-0.05, 0) is 37.5 Å². The molecule has 0 aliphatic heterocycles. The number of esters is 4. The lowest BCUT2D eigenvalue weighted by Crippen LogP contribution is -2.30. The number of hydrogen-bond acceptors (Lipinski definition) is 15. The Hall–Kier alpha value is -1.94. The van der Waals surface area contributed by atoms with Crippen molar-refractivity contribution in [2.45, 2.75) is 439 Å². The highest BCUT2D eigenvalue weighted by Crippen LogP contribution is 2.45. The van der Waals surface area contributed by atoms with Crippen LogP contribution in [0.25, 0.3) is 0 Å². The summed E-state index contributed by atoms with van der Waals surface area (Å²) in [5.41, 5.74) is 0. The highest BCUT2D eigenvalue weighted by Gasteiger charge is 2.30. The summed E-state index contributed by atoms with van der Waals surface area (Å²) < 4.78 is 68.6. The molecule has 588 valence electrons. The van der Waals surface area contributed by atoms with E-state index in [2.05, 4.69) is 41.5 Å². The summed E-state index contributed by atoms with van der Waals surface area (Å²) in [4.78, 5) is 72.9. The molecule has 0 saturated heterocycles. The van der Waals surface area contributed by atoms with Crippen LogP contribution in [0.1, 0.15) is 420 Å². The van der Waals surface area contributed by atoms with Gasteiger partial charge in [-0.25, -0.2) is 9.13 Å². The molecule has 17 nitrogen and oxygen atoms in total. The van der Waals surface area contributed by atoms with Gasteiger partial charge in [0.05, 0.1) is 26.4 Å². The number of aliphatic hydroxyl groups excluding tert-OH is 1. The van der Waals surface area contributed by atoms with Gasteiger partial charge in [0, 0.05) is 25.7 Å². The first-order valence-electron chi connectivity index (χ1n) is 41.5. The van der Waals surface area contributed by atoms with E-state index in [-0.39, 0.29) is 25.7 Å². The van der Waals surface area contributed by atoms with E-state index in [1.807, 2.05) is 0 Å². The number of ether oxygens (including phenoxy) is 4. The fourth-order valence-corrected chi connectivity index (χ4v) is 13.9. The van der Waals surface area contributed by atoms with Crippen LogP contribution in [0.4, 0.5) is 0 Å². The van der Waals surface area contributed by atoms with Crippen LogP contribution in [0.2, 0.25) is 0 Å². The molecule has 3 N–H and O–H groups in total. The molecular formula is C80H156O17P2. The summed E-state index contributed by atoms with van der Waals surface area (Å²) in [5, 5.41) is 10.6. The largest absolute Gasteiger partial charge is 0.472 e. The van der Waals surface area contributed by atoms with E-state index in [9.17, 15) is 43.2 Å². The van der Waals surface area contributed by atoms with Crippen molar-refractivity contribution >= 4 is 39.5 Å². The lowest BCUT2D eigenvalue weighted by molar-refractivity contribution is -0.161. The SMILES string of the molecule is CCCCCCCCCCCCCCCCC(=O)O[C@H](COC(=O)CCCCCCCCCCC)COP(=O)(O)OC[C@H](O)COP(=O)(O)OC[C@@H](COC(=O)CCCCCCCCCCCCCCCCC(C)C)OC(=O)CCCCCCCCCCCCCCCCCCC(C)C. The van der Waals surface area contributed by atoms with Gasteiger partial charge in [0.15, 0.2) is 12.2 Å². The monoisotopic (exact) mass is 1450 g/mol. The maximum Gasteiger partial charge on any atom is 0.472 e. The van der Waals surface area contributed by atoms with Crippen LogP contribution in [0.3, 0.4) is 0 Å². The van der Waals surface area contributed by atoms with Gasteiger partial charge >= 0.3 is 39.5 Å². The summed E-state index contributed by atoms with van der Waals surface area (Å²) in [7, 11) is -9.92. The van der Waals surface area contributed by atoms with E-state index >= 15 is 0 Å². The Morgan fingerprint density at radius 3 is 0.687 bits per heavy atom. The third-order valence-corrected chi connectivity index (χ3v) is 20.6. The second kappa shape index (κ2) is 71.7. The normalized spacial score (nSPS) is 13.9. The Morgan fingerprint density at radius 1 is 0.273 bits per heavy atom. The van der Waals surface area contributed by atoms with Gasteiger partial charge in [-0.2, -0.15) is 0 Å². The predicted octanol–water partition coefficient (Wildman–Crippen LogP) is 23.9. The van der Waals surface area contributed by atoms with Gasteiger partial charge in [-0.3, -0.25) is 37.3 Å². The molecule has 2 unspecified atom stereocenters. The number of hydrogen-bond donors (Lipinski definition) is 3. The standard InChI is InChI=1S/C80H156O17P2/c1-7-9-11-13-15-17-18-19-28-34-40-46-52-58-64-79(84)96-75(68-90-77(82)62-56-50-44-36-16-14-12-10-8-2)70-94-98(86,87)92-66-74(81)67-93-99(88,89)95-71-76(69-91-78(83)63-57-51-45-39-33-29-25-24-27-32-38-43-49-55-61-73(5)6)97-80(85)65-59-53-47-41-35-30-23-21-20-22-26-31-37-42-48-54-60-72(3)4/h72-76,81H,7-71H2,1-6H3,(H,86,87)(H,88,89)/t74-,75+,76+/m0/s1. The van der Waals surface area contributed by atoms with E-state index in [1.165, 1.54) is 238 Å². The van der Waals surface area contributed by atoms with E-state index in [1.54, 1.807) is 0 Å². The summed E-state index contributed by atoms with van der Waals surface area (Å²) in [6.45, 7) is 9.67. The zero-order valence-electron chi connectivity index (χ0n) is 64.8. The second-order valence-electron chi connectivity index (χ2n) is 29.8. The molecule has 5 atom stereocenters. The lowest BCUT2D eigenvalue weighted by atomic mass is 10.0. The fraction of sp³-hybridized carbons (Fsp3) is 0.950. The van der Waals surface area contributed by atoms with Gasteiger partial charge in [0.1, 0.15) is 19.3 Å². The number of carbonyl (C=O) groups is 4. The maximum atomic E-state index is 13.1. The van der Waals surface area contributed by atoms with Gasteiger partial charge in [0.2, 0.25) is 0 Å². The van der Waals surface area contributed by atoms with Crippen LogP contribution in [0, 0.1) is 11.8 Å². The Bertz CT molecular complexity index is 1910. The molecule has 0 fully saturated rings. The minimum absolute atomic E-state index is 0.108. The molecule has 19 heteroatoms. The predicted molar refractivity (Wildman–Crippen MR) is 405 cm³/mol. The molecule has 0 aromatic heterocycles. The summed E-state index contributed by atoms with van der Waals surface area (Å²) in [6.07, 6.45) is 61.0. The maximum absolute atomic E-state index is 13.1. The van der Waals surface area contributed by atoms with E-state index in [0.29, 0.717) is 25.7 Å². The number of aliphatic hydroxyl groups is 1. The number of carbonyl (C=O) groups excluding carboxylic acids is 4. The van der Waals surface area contributed by atoms with Crippen molar-refractivity contribution in [3.63, 3.8) is 0 Å². The Kier molecular flexibility index (Phi) is 70.3. The molecule has 99 heavy (non-hydrogen) atoms. The van der Waals surface area contributed by atoms with Crippen LogP contribution >= 0.6 is 15.6 Å². The molecule has 0 spiro atoms. The third kappa shape index (κ3) is 74.1. The van der Waals surface area contributed by atoms with Crippen LogP contribution in [0.5, 0.6) is 0 Å².